The van der Waals surface area contributed by atoms with E-state index in [0.29, 0.717) is 6.61 Å². The van der Waals surface area contributed by atoms with Crippen molar-refractivity contribution in [3.8, 4) is 0 Å². The van der Waals surface area contributed by atoms with Gasteiger partial charge < -0.3 is 4.74 Å². The fourth-order valence-corrected chi connectivity index (χ4v) is 2.52. The lowest BCUT2D eigenvalue weighted by molar-refractivity contribution is -0.126. The first kappa shape index (κ1) is 12.0. The third-order valence-electron chi connectivity index (χ3n) is 2.32. The summed E-state index contributed by atoms with van der Waals surface area (Å²) in [6.45, 7) is 0.520. The van der Waals surface area contributed by atoms with E-state index in [0.717, 1.165) is 5.56 Å². The summed E-state index contributed by atoms with van der Waals surface area (Å²) in [5.74, 6) is -0.174. The van der Waals surface area contributed by atoms with Crippen molar-refractivity contribution >= 4 is 27.3 Å². The number of hydrazine groups is 1. The van der Waals surface area contributed by atoms with Crippen molar-refractivity contribution in [1.82, 2.24) is 10.9 Å². The van der Waals surface area contributed by atoms with Crippen LogP contribution in [0.3, 0.4) is 0 Å². The lowest BCUT2D eigenvalue weighted by Gasteiger charge is -2.04. The van der Waals surface area contributed by atoms with Gasteiger partial charge in [-0.15, -0.1) is 11.3 Å². The SMILES string of the molecule is CNNC(=O)COCc1csc2ccccc12. The van der Waals surface area contributed by atoms with E-state index in [1.165, 1.54) is 10.1 Å². The average molecular weight is 250 g/mol. The van der Waals surface area contributed by atoms with E-state index in [1.807, 2.05) is 12.1 Å². The van der Waals surface area contributed by atoms with Crippen LogP contribution in [0.2, 0.25) is 0 Å². The molecule has 17 heavy (non-hydrogen) atoms. The molecule has 0 saturated heterocycles. The van der Waals surface area contributed by atoms with Crippen molar-refractivity contribution in [2.45, 2.75) is 6.61 Å². The Hall–Kier alpha value is -1.43. The Morgan fingerprint density at radius 1 is 1.41 bits per heavy atom. The van der Waals surface area contributed by atoms with Gasteiger partial charge >= 0.3 is 0 Å². The first-order valence-electron chi connectivity index (χ1n) is 5.29. The van der Waals surface area contributed by atoms with Gasteiger partial charge in [-0.2, -0.15) is 0 Å². The minimum atomic E-state index is -0.174. The summed E-state index contributed by atoms with van der Waals surface area (Å²) < 4.78 is 6.60. The van der Waals surface area contributed by atoms with Crippen LogP contribution in [0.15, 0.2) is 29.6 Å². The second kappa shape index (κ2) is 5.77. The second-order valence-electron chi connectivity index (χ2n) is 3.55. The van der Waals surface area contributed by atoms with Crippen LogP contribution in [0.25, 0.3) is 10.1 Å². The molecule has 1 aromatic carbocycles. The third-order valence-corrected chi connectivity index (χ3v) is 3.33. The largest absolute Gasteiger partial charge is 0.367 e. The molecule has 0 aliphatic carbocycles. The molecule has 0 unspecified atom stereocenters. The summed E-state index contributed by atoms with van der Waals surface area (Å²) in [4.78, 5) is 11.1. The fourth-order valence-electron chi connectivity index (χ4n) is 1.57. The summed E-state index contributed by atoms with van der Waals surface area (Å²) in [6.07, 6.45) is 0. The molecule has 1 aromatic heterocycles. The van der Waals surface area contributed by atoms with Gasteiger partial charge in [0, 0.05) is 11.7 Å². The second-order valence-corrected chi connectivity index (χ2v) is 4.46. The van der Waals surface area contributed by atoms with E-state index >= 15 is 0 Å². The van der Waals surface area contributed by atoms with Crippen LogP contribution in [-0.4, -0.2) is 19.6 Å². The van der Waals surface area contributed by atoms with Crippen LogP contribution in [0.1, 0.15) is 5.56 Å². The number of rotatable bonds is 5. The molecule has 90 valence electrons. The van der Waals surface area contributed by atoms with Gasteiger partial charge in [0.15, 0.2) is 0 Å². The van der Waals surface area contributed by atoms with Gasteiger partial charge in [-0.05, 0) is 22.4 Å². The Morgan fingerprint density at radius 2 is 2.24 bits per heavy atom. The molecule has 4 nitrogen and oxygen atoms in total. The van der Waals surface area contributed by atoms with E-state index in [-0.39, 0.29) is 12.5 Å². The quantitative estimate of drug-likeness (QED) is 0.794. The number of carbonyl (C=O) groups is 1. The molecule has 0 radical (unpaired) electrons. The minimum absolute atomic E-state index is 0.0605. The Balaban J connectivity index is 1.93. The summed E-state index contributed by atoms with van der Waals surface area (Å²) in [6, 6.07) is 8.17. The molecule has 2 N–H and O–H groups in total. The third kappa shape index (κ3) is 3.03. The maximum atomic E-state index is 11.1. The van der Waals surface area contributed by atoms with Crippen LogP contribution in [-0.2, 0) is 16.1 Å². The molecule has 0 aliphatic heterocycles. The highest BCUT2D eigenvalue weighted by atomic mass is 32.1. The summed E-state index contributed by atoms with van der Waals surface area (Å²) in [5.41, 5.74) is 6.14. The lowest BCUT2D eigenvalue weighted by Crippen LogP contribution is -2.36. The van der Waals surface area contributed by atoms with Gasteiger partial charge in [0.05, 0.1) is 6.61 Å². The molecule has 0 bridgehead atoms. The van der Waals surface area contributed by atoms with Crippen LogP contribution < -0.4 is 10.9 Å². The van der Waals surface area contributed by atoms with Crippen LogP contribution in [0.5, 0.6) is 0 Å². The summed E-state index contributed by atoms with van der Waals surface area (Å²) in [7, 11) is 1.64. The Kier molecular flexibility index (Phi) is 4.08. The van der Waals surface area contributed by atoms with Crippen LogP contribution in [0.4, 0.5) is 0 Å². The number of benzene rings is 1. The number of carbonyl (C=O) groups excluding carboxylic acids is 1. The number of thiophene rings is 1. The zero-order valence-corrected chi connectivity index (χ0v) is 10.3. The minimum Gasteiger partial charge on any atom is -0.367 e. The molecule has 0 aliphatic rings. The first-order valence-corrected chi connectivity index (χ1v) is 6.17. The van der Waals surface area contributed by atoms with E-state index in [9.17, 15) is 4.79 Å². The number of hydrogen-bond acceptors (Lipinski definition) is 4. The molecular weight excluding hydrogens is 236 g/mol. The van der Waals surface area contributed by atoms with Crippen LogP contribution >= 0.6 is 11.3 Å². The van der Waals surface area contributed by atoms with E-state index < -0.39 is 0 Å². The maximum Gasteiger partial charge on any atom is 0.260 e. The standard InChI is InChI=1S/C12H14N2O2S/c1-13-14-12(15)7-16-6-9-8-17-11-5-3-2-4-10(9)11/h2-5,8,13H,6-7H2,1H3,(H,14,15). The Labute approximate surface area is 104 Å². The monoisotopic (exact) mass is 250 g/mol. The van der Waals surface area contributed by atoms with Gasteiger partial charge in [0.2, 0.25) is 0 Å². The highest BCUT2D eigenvalue weighted by molar-refractivity contribution is 7.17. The Morgan fingerprint density at radius 3 is 3.06 bits per heavy atom. The number of fused-ring (bicyclic) bond motifs is 1. The van der Waals surface area contributed by atoms with E-state index in [2.05, 4.69) is 28.4 Å². The van der Waals surface area contributed by atoms with Crippen molar-refractivity contribution in [3.05, 3.63) is 35.2 Å². The van der Waals surface area contributed by atoms with Crippen LogP contribution in [0, 0.1) is 0 Å². The number of amides is 1. The summed E-state index contributed by atoms with van der Waals surface area (Å²) in [5, 5.41) is 3.27. The molecule has 1 heterocycles. The van der Waals surface area contributed by atoms with Gasteiger partial charge in [0.25, 0.3) is 5.91 Å². The fraction of sp³-hybridized carbons (Fsp3) is 0.250. The number of nitrogens with one attached hydrogen (secondary N) is 2. The molecule has 0 spiro atoms. The number of ether oxygens (including phenoxy) is 1. The predicted octanol–water partition coefficient (Wildman–Crippen LogP) is 1.67. The average Bonchev–Trinajstić information content (AvgIpc) is 2.73. The first-order chi connectivity index (χ1) is 8.31. The molecular formula is C12H14N2O2S. The Bertz CT molecular complexity index is 510. The molecule has 0 atom stereocenters. The molecule has 1 amide bonds. The molecule has 5 heteroatoms. The van der Waals surface area contributed by atoms with Gasteiger partial charge in [0.1, 0.15) is 6.61 Å². The normalized spacial score (nSPS) is 10.6. The van der Waals surface area contributed by atoms with Crippen molar-refractivity contribution in [2.75, 3.05) is 13.7 Å². The van der Waals surface area contributed by atoms with E-state index in [4.69, 9.17) is 4.74 Å². The lowest BCUT2D eigenvalue weighted by atomic mass is 10.2. The topological polar surface area (TPSA) is 50.4 Å². The van der Waals surface area contributed by atoms with Gasteiger partial charge in [-0.1, -0.05) is 18.2 Å². The highest BCUT2D eigenvalue weighted by Crippen LogP contribution is 2.25. The predicted molar refractivity (Wildman–Crippen MR) is 68.7 cm³/mol. The zero-order valence-electron chi connectivity index (χ0n) is 9.53. The van der Waals surface area contributed by atoms with Crippen molar-refractivity contribution in [2.24, 2.45) is 0 Å². The molecule has 2 rings (SSSR count). The van der Waals surface area contributed by atoms with Gasteiger partial charge in [-0.25, -0.2) is 5.43 Å². The summed E-state index contributed by atoms with van der Waals surface area (Å²) >= 11 is 1.69. The van der Waals surface area contributed by atoms with Gasteiger partial charge in [-0.3, -0.25) is 10.2 Å². The number of hydrogen-bond donors (Lipinski definition) is 2. The zero-order chi connectivity index (χ0) is 12.1. The van der Waals surface area contributed by atoms with Crippen molar-refractivity contribution < 1.29 is 9.53 Å². The van der Waals surface area contributed by atoms with Crippen molar-refractivity contribution in [1.29, 1.82) is 0 Å². The van der Waals surface area contributed by atoms with E-state index in [1.54, 1.807) is 18.4 Å². The molecule has 0 saturated carbocycles. The van der Waals surface area contributed by atoms with Crippen molar-refractivity contribution in [3.63, 3.8) is 0 Å². The maximum absolute atomic E-state index is 11.1. The smallest absolute Gasteiger partial charge is 0.260 e. The highest BCUT2D eigenvalue weighted by Gasteiger charge is 2.04. The molecule has 2 aromatic rings. The molecule has 0 fully saturated rings.